The van der Waals surface area contributed by atoms with E-state index in [0.717, 1.165) is 31.9 Å². The zero-order chi connectivity index (χ0) is 20.1. The van der Waals surface area contributed by atoms with Crippen LogP contribution >= 0.6 is 0 Å². The fourth-order valence-corrected chi connectivity index (χ4v) is 3.51. The van der Waals surface area contributed by atoms with Gasteiger partial charge in [-0.05, 0) is 42.9 Å². The second-order valence-electron chi connectivity index (χ2n) is 7.56. The van der Waals surface area contributed by atoms with Gasteiger partial charge in [0, 0.05) is 58.1 Å². The summed E-state index contributed by atoms with van der Waals surface area (Å²) < 4.78 is 13.4. The van der Waals surface area contributed by atoms with Crippen molar-refractivity contribution in [3.8, 4) is 0 Å². The van der Waals surface area contributed by atoms with Crippen LogP contribution in [0.2, 0.25) is 0 Å². The molecule has 5 nitrogen and oxygen atoms in total. The number of likely N-dealkylation sites (N-methyl/N-ethyl adjacent to an activating group) is 1. The number of anilines is 1. The molecule has 150 valence electrons. The quantitative estimate of drug-likeness (QED) is 0.831. The number of carbonyl (C=O) groups is 1. The van der Waals surface area contributed by atoms with Crippen LogP contribution < -0.4 is 10.2 Å². The van der Waals surface area contributed by atoms with E-state index in [1.165, 1.54) is 17.7 Å². The second kappa shape index (κ2) is 9.17. The van der Waals surface area contributed by atoms with E-state index in [4.69, 9.17) is 0 Å². The van der Waals surface area contributed by atoms with Crippen LogP contribution in [0.1, 0.15) is 22.0 Å². The standard InChI is InChI=1S/C22H29FN4O/c1-25(2)20-9-7-17(8-10-20)21(27-13-11-26(3)12-14-27)16-24-22(28)18-5-4-6-19(23)15-18/h4-10,15,21H,11-14,16H2,1-3H3,(H,24,28)/t21-/m1/s1. The third-order valence-corrected chi connectivity index (χ3v) is 5.32. The van der Waals surface area contributed by atoms with Gasteiger partial charge in [-0.15, -0.1) is 0 Å². The average molecular weight is 384 g/mol. The molecule has 0 unspecified atom stereocenters. The molecule has 2 aromatic rings. The number of amides is 1. The minimum atomic E-state index is -0.400. The number of piperazine rings is 1. The summed E-state index contributed by atoms with van der Waals surface area (Å²) >= 11 is 0. The first kappa shape index (κ1) is 20.3. The number of halogens is 1. The van der Waals surface area contributed by atoms with Gasteiger partial charge in [0.25, 0.3) is 5.91 Å². The Balaban J connectivity index is 1.75. The maximum absolute atomic E-state index is 13.4. The Labute approximate surface area is 166 Å². The summed E-state index contributed by atoms with van der Waals surface area (Å²) in [4.78, 5) is 19.3. The van der Waals surface area contributed by atoms with E-state index >= 15 is 0 Å². The highest BCUT2D eigenvalue weighted by Gasteiger charge is 2.24. The molecule has 1 saturated heterocycles. The zero-order valence-corrected chi connectivity index (χ0v) is 16.9. The molecule has 6 heteroatoms. The van der Waals surface area contributed by atoms with Crippen LogP contribution in [0.15, 0.2) is 48.5 Å². The molecule has 1 N–H and O–H groups in total. The third-order valence-electron chi connectivity index (χ3n) is 5.32. The van der Waals surface area contributed by atoms with Crippen molar-refractivity contribution in [2.45, 2.75) is 6.04 Å². The molecule has 3 rings (SSSR count). The van der Waals surface area contributed by atoms with Crippen molar-refractivity contribution in [2.75, 3.05) is 58.8 Å². The summed E-state index contributed by atoms with van der Waals surface area (Å²) in [5.74, 6) is -0.647. The first-order valence-corrected chi connectivity index (χ1v) is 9.67. The lowest BCUT2D eigenvalue weighted by molar-refractivity contribution is 0.0886. The number of carbonyl (C=O) groups excluding carboxylic acids is 1. The molecule has 0 aromatic heterocycles. The number of nitrogens with one attached hydrogen (secondary N) is 1. The lowest BCUT2D eigenvalue weighted by Crippen LogP contribution is -2.48. The number of nitrogens with zero attached hydrogens (tertiary/aromatic N) is 3. The summed E-state index contributed by atoms with van der Waals surface area (Å²) in [6, 6.07) is 14.4. The van der Waals surface area contributed by atoms with Gasteiger partial charge in [0.1, 0.15) is 5.82 Å². The van der Waals surface area contributed by atoms with Crippen LogP contribution in [0.3, 0.4) is 0 Å². The Hall–Kier alpha value is -2.44. The molecule has 0 saturated carbocycles. The molecule has 0 aliphatic carbocycles. The van der Waals surface area contributed by atoms with E-state index in [2.05, 4.69) is 51.3 Å². The molecule has 1 aliphatic rings. The highest BCUT2D eigenvalue weighted by Crippen LogP contribution is 2.24. The Morgan fingerprint density at radius 2 is 1.79 bits per heavy atom. The fourth-order valence-electron chi connectivity index (χ4n) is 3.51. The van der Waals surface area contributed by atoms with Crippen molar-refractivity contribution >= 4 is 11.6 Å². The largest absolute Gasteiger partial charge is 0.378 e. The Morgan fingerprint density at radius 3 is 2.39 bits per heavy atom. The summed E-state index contributed by atoms with van der Waals surface area (Å²) in [5.41, 5.74) is 2.67. The summed E-state index contributed by atoms with van der Waals surface area (Å²) in [6.45, 7) is 4.40. The first-order valence-electron chi connectivity index (χ1n) is 9.67. The molecule has 1 heterocycles. The fraction of sp³-hybridized carbons (Fsp3) is 0.409. The molecule has 28 heavy (non-hydrogen) atoms. The number of rotatable bonds is 6. The molecular weight excluding hydrogens is 355 g/mol. The molecule has 1 aliphatic heterocycles. The predicted octanol–water partition coefficient (Wildman–Crippen LogP) is 2.61. The lowest BCUT2D eigenvalue weighted by Gasteiger charge is -2.38. The summed E-state index contributed by atoms with van der Waals surface area (Å²) in [7, 11) is 6.17. The van der Waals surface area contributed by atoms with Gasteiger partial charge in [0.05, 0.1) is 6.04 Å². The van der Waals surface area contributed by atoms with Gasteiger partial charge in [-0.25, -0.2) is 4.39 Å². The molecule has 1 atom stereocenters. The monoisotopic (exact) mass is 384 g/mol. The summed E-state index contributed by atoms with van der Waals surface area (Å²) in [5, 5.41) is 3.00. The van der Waals surface area contributed by atoms with Gasteiger partial charge in [-0.1, -0.05) is 18.2 Å². The minimum absolute atomic E-state index is 0.0856. The van der Waals surface area contributed by atoms with Crippen LogP contribution in [0, 0.1) is 5.82 Å². The first-order chi connectivity index (χ1) is 13.4. The van der Waals surface area contributed by atoms with Crippen molar-refractivity contribution in [2.24, 2.45) is 0 Å². The molecule has 0 radical (unpaired) electrons. The van der Waals surface area contributed by atoms with E-state index in [1.54, 1.807) is 12.1 Å². The highest BCUT2D eigenvalue weighted by molar-refractivity contribution is 5.94. The van der Waals surface area contributed by atoms with Crippen molar-refractivity contribution in [3.05, 3.63) is 65.5 Å². The average Bonchev–Trinajstić information content (AvgIpc) is 2.69. The van der Waals surface area contributed by atoms with Gasteiger partial charge < -0.3 is 15.1 Å². The number of hydrogen-bond acceptors (Lipinski definition) is 4. The molecule has 0 spiro atoms. The van der Waals surface area contributed by atoms with Crippen molar-refractivity contribution in [1.82, 2.24) is 15.1 Å². The zero-order valence-electron chi connectivity index (χ0n) is 16.9. The SMILES string of the molecule is CN1CCN([C@H](CNC(=O)c2cccc(F)c2)c2ccc(N(C)C)cc2)CC1. The molecule has 1 fully saturated rings. The molecular formula is C22H29FN4O. The van der Waals surface area contributed by atoms with Gasteiger partial charge in [0.15, 0.2) is 0 Å². The Morgan fingerprint density at radius 1 is 1.11 bits per heavy atom. The normalized spacial score (nSPS) is 16.6. The topological polar surface area (TPSA) is 38.8 Å². The van der Waals surface area contributed by atoms with E-state index in [9.17, 15) is 9.18 Å². The summed E-state index contributed by atoms with van der Waals surface area (Å²) in [6.07, 6.45) is 0. The third kappa shape index (κ3) is 5.09. The lowest BCUT2D eigenvalue weighted by atomic mass is 10.0. The van der Waals surface area contributed by atoms with Crippen LogP contribution in [0.4, 0.5) is 10.1 Å². The van der Waals surface area contributed by atoms with E-state index in [-0.39, 0.29) is 11.9 Å². The van der Waals surface area contributed by atoms with Gasteiger partial charge in [-0.3, -0.25) is 9.69 Å². The van der Waals surface area contributed by atoms with Crippen LogP contribution in [-0.4, -0.2) is 69.6 Å². The van der Waals surface area contributed by atoms with Crippen LogP contribution in [-0.2, 0) is 0 Å². The van der Waals surface area contributed by atoms with Crippen molar-refractivity contribution < 1.29 is 9.18 Å². The Kier molecular flexibility index (Phi) is 6.65. The minimum Gasteiger partial charge on any atom is -0.378 e. The molecule has 0 bridgehead atoms. The van der Waals surface area contributed by atoms with Crippen molar-refractivity contribution in [3.63, 3.8) is 0 Å². The van der Waals surface area contributed by atoms with Crippen LogP contribution in [0.5, 0.6) is 0 Å². The maximum atomic E-state index is 13.4. The maximum Gasteiger partial charge on any atom is 0.251 e. The predicted molar refractivity (Wildman–Crippen MR) is 111 cm³/mol. The number of hydrogen-bond donors (Lipinski definition) is 1. The number of benzene rings is 2. The molecule has 2 aromatic carbocycles. The van der Waals surface area contributed by atoms with E-state index in [0.29, 0.717) is 12.1 Å². The van der Waals surface area contributed by atoms with Gasteiger partial charge in [0.2, 0.25) is 0 Å². The van der Waals surface area contributed by atoms with Gasteiger partial charge in [-0.2, -0.15) is 0 Å². The molecule has 1 amide bonds. The smallest absolute Gasteiger partial charge is 0.251 e. The van der Waals surface area contributed by atoms with Crippen LogP contribution in [0.25, 0.3) is 0 Å². The Bertz CT molecular complexity index is 785. The van der Waals surface area contributed by atoms with E-state index < -0.39 is 5.82 Å². The van der Waals surface area contributed by atoms with Crippen molar-refractivity contribution in [1.29, 1.82) is 0 Å². The van der Waals surface area contributed by atoms with Gasteiger partial charge >= 0.3 is 0 Å². The highest BCUT2D eigenvalue weighted by atomic mass is 19.1. The van der Waals surface area contributed by atoms with E-state index in [1.807, 2.05) is 14.1 Å². The second-order valence-corrected chi connectivity index (χ2v) is 7.56.